The van der Waals surface area contributed by atoms with E-state index in [4.69, 9.17) is 9.84 Å². The average Bonchev–Trinajstić information content (AvgIpc) is 2.29. The number of anilines is 1. The summed E-state index contributed by atoms with van der Waals surface area (Å²) >= 11 is 1.56. The third kappa shape index (κ3) is 6.45. The Morgan fingerprint density at radius 2 is 2.26 bits per heavy atom. The van der Waals surface area contributed by atoms with Crippen LogP contribution in [-0.4, -0.2) is 34.1 Å². The summed E-state index contributed by atoms with van der Waals surface area (Å²) in [5.74, 6) is 0.781. The lowest BCUT2D eigenvalue weighted by Crippen LogP contribution is -2.27. The fourth-order valence-corrected chi connectivity index (χ4v) is 2.17. The molecule has 6 heteroatoms. The van der Waals surface area contributed by atoms with Crippen LogP contribution in [0, 0.1) is 0 Å². The highest BCUT2D eigenvalue weighted by Gasteiger charge is 2.17. The second-order valence-corrected chi connectivity index (χ2v) is 6.06. The zero-order valence-corrected chi connectivity index (χ0v) is 12.3. The molecule has 0 aliphatic heterocycles. The monoisotopic (exact) mass is 284 g/mol. The quantitative estimate of drug-likeness (QED) is 0.642. The van der Waals surface area contributed by atoms with Gasteiger partial charge in [0.25, 0.3) is 0 Å². The van der Waals surface area contributed by atoms with E-state index in [0.717, 1.165) is 10.6 Å². The van der Waals surface area contributed by atoms with Crippen LogP contribution in [0.4, 0.5) is 10.5 Å². The summed E-state index contributed by atoms with van der Waals surface area (Å²) in [4.78, 5) is 16.6. The topological polar surface area (TPSA) is 71.5 Å². The van der Waals surface area contributed by atoms with Crippen molar-refractivity contribution in [3.8, 4) is 0 Å². The first-order valence-corrected chi connectivity index (χ1v) is 7.08. The van der Waals surface area contributed by atoms with Crippen molar-refractivity contribution >= 4 is 23.5 Å². The van der Waals surface area contributed by atoms with Crippen molar-refractivity contribution in [1.82, 2.24) is 4.98 Å². The van der Waals surface area contributed by atoms with Crippen LogP contribution in [0.3, 0.4) is 0 Å². The third-order valence-electron chi connectivity index (χ3n) is 1.98. The molecule has 1 aromatic heterocycles. The van der Waals surface area contributed by atoms with Gasteiger partial charge in [-0.1, -0.05) is 0 Å². The molecule has 0 unspecified atom stereocenters. The fraction of sp³-hybridized carbons (Fsp3) is 0.538. The number of nitrogens with zero attached hydrogens (tertiary/aromatic N) is 1. The van der Waals surface area contributed by atoms with E-state index in [1.54, 1.807) is 24.2 Å². The van der Waals surface area contributed by atoms with E-state index in [2.05, 4.69) is 10.3 Å². The number of aliphatic hydroxyl groups is 1. The summed E-state index contributed by atoms with van der Waals surface area (Å²) in [6.45, 7) is 5.60. The van der Waals surface area contributed by atoms with Crippen LogP contribution < -0.4 is 5.32 Å². The first-order chi connectivity index (χ1) is 8.92. The Morgan fingerprint density at radius 1 is 1.53 bits per heavy atom. The number of pyridine rings is 1. The molecule has 0 aliphatic rings. The number of nitrogens with one attached hydrogen (secondary N) is 1. The molecule has 0 saturated heterocycles. The summed E-state index contributed by atoms with van der Waals surface area (Å²) in [6.07, 6.45) is 3.47. The van der Waals surface area contributed by atoms with E-state index >= 15 is 0 Å². The summed E-state index contributed by atoms with van der Waals surface area (Å²) < 4.78 is 5.20. The van der Waals surface area contributed by atoms with Gasteiger partial charge in [-0.25, -0.2) is 4.79 Å². The van der Waals surface area contributed by atoms with Crippen molar-refractivity contribution in [3.05, 3.63) is 18.5 Å². The molecule has 1 aromatic rings. The highest BCUT2D eigenvalue weighted by molar-refractivity contribution is 7.99. The summed E-state index contributed by atoms with van der Waals surface area (Å²) in [6, 6.07) is 1.83. The normalized spacial score (nSPS) is 11.2. The molecule has 0 fully saturated rings. The average molecular weight is 284 g/mol. The van der Waals surface area contributed by atoms with Crippen molar-refractivity contribution in [1.29, 1.82) is 0 Å². The number of carbonyl (C=O) groups excluding carboxylic acids is 1. The van der Waals surface area contributed by atoms with Crippen LogP contribution in [-0.2, 0) is 4.74 Å². The van der Waals surface area contributed by atoms with Crippen LogP contribution in [0.25, 0.3) is 0 Å². The standard InChI is InChI=1S/C13H20N2O3S/c1-13(2,3)18-12(17)15-10-9-14-6-5-11(10)19-8-4-7-16/h5-6,9,16H,4,7-8H2,1-3H3,(H,15,17). The Hall–Kier alpha value is -1.27. The van der Waals surface area contributed by atoms with E-state index in [-0.39, 0.29) is 6.61 Å². The number of aromatic nitrogens is 1. The predicted octanol–water partition coefficient (Wildman–Crippen LogP) is 2.90. The molecule has 1 rings (SSSR count). The number of rotatable bonds is 5. The van der Waals surface area contributed by atoms with E-state index in [0.29, 0.717) is 12.1 Å². The summed E-state index contributed by atoms with van der Waals surface area (Å²) in [7, 11) is 0. The van der Waals surface area contributed by atoms with Gasteiger partial charge in [-0.3, -0.25) is 10.3 Å². The number of hydrogen-bond acceptors (Lipinski definition) is 5. The lowest BCUT2D eigenvalue weighted by molar-refractivity contribution is 0.0635. The number of aliphatic hydroxyl groups excluding tert-OH is 1. The zero-order chi connectivity index (χ0) is 14.3. The number of thioether (sulfide) groups is 1. The highest BCUT2D eigenvalue weighted by atomic mass is 32.2. The van der Waals surface area contributed by atoms with Gasteiger partial charge < -0.3 is 9.84 Å². The molecule has 0 aliphatic carbocycles. The Bertz CT molecular complexity index is 419. The Labute approximate surface area is 117 Å². The molecule has 1 heterocycles. The molecular formula is C13H20N2O3S. The molecule has 106 valence electrons. The molecule has 2 N–H and O–H groups in total. The molecule has 5 nitrogen and oxygen atoms in total. The van der Waals surface area contributed by atoms with Gasteiger partial charge in [0.15, 0.2) is 0 Å². The van der Waals surface area contributed by atoms with E-state index in [9.17, 15) is 4.79 Å². The predicted molar refractivity (Wildman–Crippen MR) is 76.5 cm³/mol. The zero-order valence-electron chi connectivity index (χ0n) is 11.5. The first-order valence-electron chi connectivity index (χ1n) is 6.10. The maximum atomic E-state index is 11.7. The molecule has 0 spiro atoms. The van der Waals surface area contributed by atoms with Crippen LogP contribution in [0.5, 0.6) is 0 Å². The second-order valence-electron chi connectivity index (χ2n) is 4.92. The Balaban J connectivity index is 2.64. The first kappa shape index (κ1) is 15.8. The van der Waals surface area contributed by atoms with Crippen molar-refractivity contribution < 1.29 is 14.6 Å². The summed E-state index contributed by atoms with van der Waals surface area (Å²) in [5, 5.41) is 11.5. The van der Waals surface area contributed by atoms with Gasteiger partial charge in [0.1, 0.15) is 5.60 Å². The number of amides is 1. The van der Waals surface area contributed by atoms with Gasteiger partial charge in [0.2, 0.25) is 0 Å². The molecule has 0 aromatic carbocycles. The van der Waals surface area contributed by atoms with Crippen molar-refractivity contribution in [3.63, 3.8) is 0 Å². The van der Waals surface area contributed by atoms with Gasteiger partial charge >= 0.3 is 6.09 Å². The van der Waals surface area contributed by atoms with Gasteiger partial charge in [0, 0.05) is 23.5 Å². The lowest BCUT2D eigenvalue weighted by Gasteiger charge is -2.20. The van der Waals surface area contributed by atoms with Crippen molar-refractivity contribution in [2.75, 3.05) is 17.7 Å². The fourth-order valence-electron chi connectivity index (χ4n) is 1.26. The Kier molecular flexibility index (Phi) is 6.11. The summed E-state index contributed by atoms with van der Waals surface area (Å²) in [5.41, 5.74) is 0.0934. The molecule has 1 amide bonds. The smallest absolute Gasteiger partial charge is 0.412 e. The number of hydrogen-bond donors (Lipinski definition) is 2. The van der Waals surface area contributed by atoms with Crippen molar-refractivity contribution in [2.24, 2.45) is 0 Å². The maximum Gasteiger partial charge on any atom is 0.412 e. The number of ether oxygens (including phenoxy) is 1. The third-order valence-corrected chi connectivity index (χ3v) is 3.14. The molecule has 19 heavy (non-hydrogen) atoms. The van der Waals surface area contributed by atoms with Gasteiger partial charge in [-0.2, -0.15) is 0 Å². The molecule has 0 radical (unpaired) electrons. The highest BCUT2D eigenvalue weighted by Crippen LogP contribution is 2.26. The lowest BCUT2D eigenvalue weighted by atomic mass is 10.2. The Morgan fingerprint density at radius 3 is 2.89 bits per heavy atom. The van der Waals surface area contributed by atoms with Crippen LogP contribution in [0.1, 0.15) is 27.2 Å². The largest absolute Gasteiger partial charge is 0.444 e. The second kappa shape index (κ2) is 7.35. The minimum Gasteiger partial charge on any atom is -0.444 e. The van der Waals surface area contributed by atoms with Gasteiger partial charge in [-0.15, -0.1) is 11.8 Å². The minimum atomic E-state index is -0.531. The number of carbonyl (C=O) groups is 1. The van der Waals surface area contributed by atoms with Crippen molar-refractivity contribution in [2.45, 2.75) is 37.7 Å². The van der Waals surface area contributed by atoms with Gasteiger partial charge in [0.05, 0.1) is 11.9 Å². The van der Waals surface area contributed by atoms with Crippen LogP contribution >= 0.6 is 11.8 Å². The van der Waals surface area contributed by atoms with E-state index < -0.39 is 11.7 Å². The molecule has 0 bridgehead atoms. The van der Waals surface area contributed by atoms with Crippen LogP contribution in [0.2, 0.25) is 0 Å². The van der Waals surface area contributed by atoms with E-state index in [1.807, 2.05) is 26.8 Å². The molecule has 0 atom stereocenters. The van der Waals surface area contributed by atoms with Crippen LogP contribution in [0.15, 0.2) is 23.4 Å². The van der Waals surface area contributed by atoms with E-state index in [1.165, 1.54) is 0 Å². The molecule has 0 saturated carbocycles. The minimum absolute atomic E-state index is 0.160. The molecular weight excluding hydrogens is 264 g/mol. The maximum absolute atomic E-state index is 11.7. The SMILES string of the molecule is CC(C)(C)OC(=O)Nc1cnccc1SCCCO. The van der Waals surface area contributed by atoms with Gasteiger partial charge in [-0.05, 0) is 33.3 Å².